The van der Waals surface area contributed by atoms with Gasteiger partial charge in [0.2, 0.25) is 5.91 Å². The van der Waals surface area contributed by atoms with Crippen molar-refractivity contribution in [2.75, 3.05) is 13.2 Å². The number of amides is 1. The fourth-order valence-corrected chi connectivity index (χ4v) is 2.60. The van der Waals surface area contributed by atoms with Gasteiger partial charge in [-0.15, -0.1) is 0 Å². The van der Waals surface area contributed by atoms with Crippen molar-refractivity contribution in [1.29, 1.82) is 0 Å². The van der Waals surface area contributed by atoms with Gasteiger partial charge >= 0.3 is 0 Å². The van der Waals surface area contributed by atoms with Crippen LogP contribution in [0.2, 0.25) is 0 Å². The van der Waals surface area contributed by atoms with Crippen molar-refractivity contribution >= 4 is 5.91 Å². The van der Waals surface area contributed by atoms with Crippen LogP contribution in [0.25, 0.3) is 0 Å². The molecule has 0 saturated carbocycles. The van der Waals surface area contributed by atoms with Gasteiger partial charge < -0.3 is 15.4 Å². The minimum absolute atomic E-state index is 0.00211. The molecular weight excluding hydrogens is 240 g/mol. The lowest BCUT2D eigenvalue weighted by Gasteiger charge is -2.26. The fourth-order valence-electron chi connectivity index (χ4n) is 2.60. The molecular formula is C15H22N2O2. The predicted octanol–water partition coefficient (Wildman–Crippen LogP) is 2.10. The Morgan fingerprint density at radius 2 is 2.00 bits per heavy atom. The van der Waals surface area contributed by atoms with E-state index in [1.54, 1.807) is 0 Å². The molecule has 1 aromatic carbocycles. The van der Waals surface area contributed by atoms with Crippen molar-refractivity contribution in [3.8, 4) is 5.75 Å². The molecule has 0 aromatic heterocycles. The Bertz CT molecular complexity index is 430. The highest BCUT2D eigenvalue weighted by Gasteiger charge is 2.37. The van der Waals surface area contributed by atoms with Gasteiger partial charge in [-0.25, -0.2) is 0 Å². The Labute approximate surface area is 114 Å². The first-order valence-electron chi connectivity index (χ1n) is 6.95. The number of nitrogens with zero attached hydrogens (tertiary/aromatic N) is 1. The van der Waals surface area contributed by atoms with E-state index in [0.29, 0.717) is 13.0 Å². The molecule has 4 heteroatoms. The Morgan fingerprint density at radius 3 is 2.58 bits per heavy atom. The van der Waals surface area contributed by atoms with Gasteiger partial charge in [0.1, 0.15) is 5.75 Å². The van der Waals surface area contributed by atoms with Gasteiger partial charge in [-0.1, -0.05) is 19.1 Å². The summed E-state index contributed by atoms with van der Waals surface area (Å²) < 4.78 is 5.56. The molecule has 0 bridgehead atoms. The van der Waals surface area contributed by atoms with E-state index >= 15 is 0 Å². The summed E-state index contributed by atoms with van der Waals surface area (Å²) in [7, 11) is 0. The second-order valence-corrected chi connectivity index (χ2v) is 4.91. The van der Waals surface area contributed by atoms with Crippen LogP contribution in [0.3, 0.4) is 0 Å². The molecule has 1 aromatic rings. The molecule has 1 fully saturated rings. The quantitative estimate of drug-likeness (QED) is 0.884. The zero-order valence-corrected chi connectivity index (χ0v) is 11.6. The number of rotatable bonds is 5. The summed E-state index contributed by atoms with van der Waals surface area (Å²) in [6, 6.07) is 7.81. The van der Waals surface area contributed by atoms with E-state index in [0.717, 1.165) is 24.3 Å². The molecule has 0 aliphatic carbocycles. The fraction of sp³-hybridized carbons (Fsp3) is 0.533. The molecule has 1 aliphatic heterocycles. The van der Waals surface area contributed by atoms with Crippen molar-refractivity contribution in [2.45, 2.75) is 38.8 Å². The number of benzene rings is 1. The topological polar surface area (TPSA) is 55.6 Å². The number of ether oxygens (including phenoxy) is 1. The van der Waals surface area contributed by atoms with Crippen LogP contribution in [0.1, 0.15) is 38.3 Å². The molecule has 0 spiro atoms. The van der Waals surface area contributed by atoms with Crippen molar-refractivity contribution in [3.63, 3.8) is 0 Å². The van der Waals surface area contributed by atoms with E-state index in [4.69, 9.17) is 10.5 Å². The number of hydrogen-bond donors (Lipinski definition) is 1. The van der Waals surface area contributed by atoms with Crippen molar-refractivity contribution in [2.24, 2.45) is 5.73 Å². The van der Waals surface area contributed by atoms with E-state index in [2.05, 4.69) is 6.92 Å². The summed E-state index contributed by atoms with van der Waals surface area (Å²) in [6.45, 7) is 5.49. The molecule has 2 atom stereocenters. The number of likely N-dealkylation sites (N-methyl/N-ethyl adjacent to an activating group) is 1. The third-order valence-electron chi connectivity index (χ3n) is 3.51. The second kappa shape index (κ2) is 6.06. The van der Waals surface area contributed by atoms with E-state index < -0.39 is 0 Å². The lowest BCUT2D eigenvalue weighted by Crippen LogP contribution is -2.32. The molecule has 0 radical (unpaired) electrons. The van der Waals surface area contributed by atoms with Gasteiger partial charge in [0, 0.05) is 19.0 Å². The highest BCUT2D eigenvalue weighted by molar-refractivity contribution is 5.80. The van der Waals surface area contributed by atoms with Crippen LogP contribution in [0, 0.1) is 0 Å². The smallest absolute Gasteiger partial charge is 0.224 e. The molecule has 1 saturated heterocycles. The number of hydrogen-bond acceptors (Lipinski definition) is 3. The summed E-state index contributed by atoms with van der Waals surface area (Å²) >= 11 is 0. The third-order valence-corrected chi connectivity index (χ3v) is 3.51. The van der Waals surface area contributed by atoms with Gasteiger partial charge in [-0.3, -0.25) is 4.79 Å². The summed E-state index contributed by atoms with van der Waals surface area (Å²) in [5.74, 6) is 1.01. The van der Waals surface area contributed by atoms with Crippen LogP contribution < -0.4 is 10.5 Å². The summed E-state index contributed by atoms with van der Waals surface area (Å²) in [5, 5.41) is 0. The van der Waals surface area contributed by atoms with Crippen LogP contribution in [-0.2, 0) is 4.79 Å². The Morgan fingerprint density at radius 1 is 1.32 bits per heavy atom. The number of carbonyl (C=O) groups is 1. The molecule has 1 amide bonds. The molecule has 1 heterocycles. The zero-order chi connectivity index (χ0) is 13.8. The Balaban J connectivity index is 2.14. The van der Waals surface area contributed by atoms with Gasteiger partial charge in [0.15, 0.2) is 0 Å². The maximum atomic E-state index is 11.8. The second-order valence-electron chi connectivity index (χ2n) is 4.91. The van der Waals surface area contributed by atoms with Gasteiger partial charge in [0.05, 0.1) is 12.6 Å². The van der Waals surface area contributed by atoms with Gasteiger partial charge in [-0.2, -0.15) is 0 Å². The standard InChI is InChI=1S/C15H22N2O2/c1-3-9-19-12-7-5-11(6-8-12)15-13(16)10-14(18)17(15)4-2/h5-8,13,15H,3-4,9-10,16H2,1-2H3. The van der Waals surface area contributed by atoms with E-state index in [-0.39, 0.29) is 18.0 Å². The lowest BCUT2D eigenvalue weighted by molar-refractivity contribution is -0.128. The number of carbonyl (C=O) groups excluding carboxylic acids is 1. The number of nitrogens with two attached hydrogens (primary N) is 1. The molecule has 104 valence electrons. The summed E-state index contributed by atoms with van der Waals surface area (Å²) in [4.78, 5) is 13.7. The molecule has 2 unspecified atom stereocenters. The van der Waals surface area contributed by atoms with E-state index in [1.165, 1.54) is 0 Å². The SMILES string of the molecule is CCCOc1ccc(C2C(N)CC(=O)N2CC)cc1. The minimum atomic E-state index is -0.116. The monoisotopic (exact) mass is 262 g/mol. The maximum absolute atomic E-state index is 11.8. The first kappa shape index (κ1) is 13.9. The Kier molecular flexibility index (Phi) is 4.43. The highest BCUT2D eigenvalue weighted by Crippen LogP contribution is 2.32. The highest BCUT2D eigenvalue weighted by atomic mass is 16.5. The number of likely N-dealkylation sites (tertiary alicyclic amines) is 1. The van der Waals surface area contributed by atoms with E-state index in [9.17, 15) is 4.79 Å². The molecule has 4 nitrogen and oxygen atoms in total. The average Bonchev–Trinajstić information content (AvgIpc) is 2.71. The maximum Gasteiger partial charge on any atom is 0.224 e. The normalized spacial score (nSPS) is 22.9. The third kappa shape index (κ3) is 2.89. The molecule has 19 heavy (non-hydrogen) atoms. The summed E-state index contributed by atoms with van der Waals surface area (Å²) in [6.07, 6.45) is 1.43. The molecule has 2 N–H and O–H groups in total. The zero-order valence-electron chi connectivity index (χ0n) is 11.6. The van der Waals surface area contributed by atoms with Crippen LogP contribution in [0.5, 0.6) is 5.75 Å². The Hall–Kier alpha value is -1.55. The molecule has 2 rings (SSSR count). The lowest BCUT2D eigenvalue weighted by atomic mass is 10.0. The van der Waals surface area contributed by atoms with Gasteiger partial charge in [-0.05, 0) is 31.0 Å². The van der Waals surface area contributed by atoms with Gasteiger partial charge in [0.25, 0.3) is 0 Å². The van der Waals surface area contributed by atoms with E-state index in [1.807, 2.05) is 36.1 Å². The molecule has 1 aliphatic rings. The first-order valence-corrected chi connectivity index (χ1v) is 6.95. The van der Waals surface area contributed by atoms with Crippen LogP contribution in [0.15, 0.2) is 24.3 Å². The average molecular weight is 262 g/mol. The largest absolute Gasteiger partial charge is 0.494 e. The van der Waals surface area contributed by atoms with Crippen LogP contribution in [0.4, 0.5) is 0 Å². The van der Waals surface area contributed by atoms with Crippen molar-refractivity contribution < 1.29 is 9.53 Å². The minimum Gasteiger partial charge on any atom is -0.494 e. The first-order chi connectivity index (χ1) is 9.17. The van der Waals surface area contributed by atoms with Crippen LogP contribution >= 0.6 is 0 Å². The van der Waals surface area contributed by atoms with Crippen molar-refractivity contribution in [3.05, 3.63) is 29.8 Å². The van der Waals surface area contributed by atoms with Crippen LogP contribution in [-0.4, -0.2) is 30.0 Å². The predicted molar refractivity (Wildman–Crippen MR) is 74.9 cm³/mol. The van der Waals surface area contributed by atoms with Crippen molar-refractivity contribution in [1.82, 2.24) is 4.90 Å². The summed E-state index contributed by atoms with van der Waals surface area (Å²) in [5.41, 5.74) is 7.18.